The van der Waals surface area contributed by atoms with E-state index in [1.54, 1.807) is 0 Å². The van der Waals surface area contributed by atoms with Crippen LogP contribution in [0.15, 0.2) is 0 Å². The van der Waals surface area contributed by atoms with Crippen LogP contribution in [-0.4, -0.2) is 62.2 Å². The van der Waals surface area contributed by atoms with Gasteiger partial charge in [-0.15, -0.1) is 0 Å². The molecule has 0 aromatic carbocycles. The molecule has 2 unspecified atom stereocenters. The summed E-state index contributed by atoms with van der Waals surface area (Å²) in [7, 11) is 4.05. The van der Waals surface area contributed by atoms with E-state index in [1.165, 1.54) is 0 Å². The largest absolute Gasteiger partial charge is 0.329 e. The Morgan fingerprint density at radius 2 is 1.64 bits per heavy atom. The molecular formula is C10H26N4. The topological polar surface area (TPSA) is 58.5 Å². The molecule has 0 bridgehead atoms. The van der Waals surface area contributed by atoms with Crippen molar-refractivity contribution in [2.45, 2.75) is 25.9 Å². The smallest absolute Gasteiger partial charge is 0.0376 e. The van der Waals surface area contributed by atoms with Crippen molar-refractivity contribution in [2.24, 2.45) is 11.5 Å². The van der Waals surface area contributed by atoms with Crippen molar-refractivity contribution < 1.29 is 0 Å². The van der Waals surface area contributed by atoms with E-state index in [9.17, 15) is 0 Å². The lowest BCUT2D eigenvalue weighted by molar-refractivity contribution is 0.202. The van der Waals surface area contributed by atoms with Gasteiger partial charge in [0.1, 0.15) is 0 Å². The van der Waals surface area contributed by atoms with E-state index in [-0.39, 0.29) is 12.1 Å². The van der Waals surface area contributed by atoms with Gasteiger partial charge < -0.3 is 21.3 Å². The predicted octanol–water partition coefficient (Wildman–Crippen LogP) is -0.456. The molecule has 0 fully saturated rings. The number of nitrogens with zero attached hydrogens (tertiary/aromatic N) is 2. The number of likely N-dealkylation sites (N-methyl/N-ethyl adjacent to an activating group) is 2. The van der Waals surface area contributed by atoms with Gasteiger partial charge in [-0.2, -0.15) is 0 Å². The second-order valence-electron chi connectivity index (χ2n) is 3.92. The Balaban J connectivity index is 4.08. The van der Waals surface area contributed by atoms with E-state index >= 15 is 0 Å². The molecule has 4 heteroatoms. The van der Waals surface area contributed by atoms with Crippen LogP contribution >= 0.6 is 0 Å². The Kier molecular flexibility index (Phi) is 7.09. The van der Waals surface area contributed by atoms with Crippen LogP contribution in [0, 0.1) is 0 Å². The maximum Gasteiger partial charge on any atom is 0.0376 e. The minimum absolute atomic E-state index is 0.134. The van der Waals surface area contributed by atoms with Gasteiger partial charge in [-0.25, -0.2) is 0 Å². The van der Waals surface area contributed by atoms with Crippen LogP contribution in [0.2, 0.25) is 0 Å². The fourth-order valence-corrected chi connectivity index (χ4v) is 1.67. The summed E-state index contributed by atoms with van der Waals surface area (Å²) in [6.45, 7) is 7.96. The van der Waals surface area contributed by atoms with Crippen molar-refractivity contribution in [1.82, 2.24) is 9.80 Å². The number of rotatable bonds is 7. The van der Waals surface area contributed by atoms with Gasteiger partial charge in [-0.05, 0) is 27.2 Å². The second-order valence-corrected chi connectivity index (χ2v) is 3.92. The average molecular weight is 202 g/mol. The van der Waals surface area contributed by atoms with Crippen LogP contribution in [0.3, 0.4) is 0 Å². The summed E-state index contributed by atoms with van der Waals surface area (Å²) < 4.78 is 0. The molecule has 0 aromatic heterocycles. The monoisotopic (exact) mass is 202 g/mol. The lowest BCUT2D eigenvalue weighted by Crippen LogP contribution is -2.53. The molecule has 0 aliphatic rings. The third kappa shape index (κ3) is 4.37. The van der Waals surface area contributed by atoms with Crippen molar-refractivity contribution in [3.8, 4) is 0 Å². The highest BCUT2D eigenvalue weighted by Gasteiger charge is 2.19. The van der Waals surface area contributed by atoms with E-state index in [1.807, 2.05) is 14.1 Å². The van der Waals surface area contributed by atoms with E-state index < -0.39 is 0 Å². The van der Waals surface area contributed by atoms with Crippen LogP contribution in [0.1, 0.15) is 13.8 Å². The van der Waals surface area contributed by atoms with E-state index in [0.717, 1.165) is 19.6 Å². The Hall–Kier alpha value is -0.160. The minimum atomic E-state index is 0.134. The molecule has 4 nitrogen and oxygen atoms in total. The first-order chi connectivity index (χ1) is 6.56. The first-order valence-electron chi connectivity index (χ1n) is 5.41. The summed E-state index contributed by atoms with van der Waals surface area (Å²) in [5, 5.41) is 0. The molecular weight excluding hydrogens is 176 g/mol. The SMILES string of the molecule is CCN(CC)CC(N)C(CN)N(C)C. The Bertz CT molecular complexity index is 134. The van der Waals surface area contributed by atoms with Crippen LogP contribution in [-0.2, 0) is 0 Å². The van der Waals surface area contributed by atoms with Crippen LogP contribution < -0.4 is 11.5 Å². The van der Waals surface area contributed by atoms with Gasteiger partial charge in [-0.3, -0.25) is 0 Å². The summed E-state index contributed by atoms with van der Waals surface area (Å²) >= 11 is 0. The molecule has 2 atom stereocenters. The maximum atomic E-state index is 6.12. The fourth-order valence-electron chi connectivity index (χ4n) is 1.67. The summed E-state index contributed by atoms with van der Waals surface area (Å²) in [5.74, 6) is 0. The quantitative estimate of drug-likeness (QED) is 0.587. The van der Waals surface area contributed by atoms with Gasteiger partial charge in [0.15, 0.2) is 0 Å². The van der Waals surface area contributed by atoms with Crippen LogP contribution in [0.5, 0.6) is 0 Å². The second kappa shape index (κ2) is 7.17. The zero-order valence-corrected chi connectivity index (χ0v) is 10.0. The molecule has 0 heterocycles. The molecule has 0 aliphatic heterocycles. The van der Waals surface area contributed by atoms with Crippen LogP contribution in [0.4, 0.5) is 0 Å². The highest BCUT2D eigenvalue weighted by Crippen LogP contribution is 1.99. The van der Waals surface area contributed by atoms with E-state index in [2.05, 4.69) is 23.6 Å². The van der Waals surface area contributed by atoms with Crippen molar-refractivity contribution >= 4 is 0 Å². The Morgan fingerprint density at radius 3 is 1.93 bits per heavy atom. The molecule has 14 heavy (non-hydrogen) atoms. The maximum absolute atomic E-state index is 6.12. The molecule has 4 N–H and O–H groups in total. The van der Waals surface area contributed by atoms with Gasteiger partial charge in [0, 0.05) is 25.2 Å². The highest BCUT2D eigenvalue weighted by atomic mass is 15.2. The zero-order valence-electron chi connectivity index (χ0n) is 10.0. The lowest BCUT2D eigenvalue weighted by Gasteiger charge is -2.32. The molecule has 0 spiro atoms. The van der Waals surface area contributed by atoms with Gasteiger partial charge in [0.2, 0.25) is 0 Å². The van der Waals surface area contributed by atoms with Gasteiger partial charge in [-0.1, -0.05) is 13.8 Å². The van der Waals surface area contributed by atoms with Crippen LogP contribution in [0.25, 0.3) is 0 Å². The number of nitrogens with two attached hydrogens (primary N) is 2. The molecule has 0 saturated heterocycles. The predicted molar refractivity (Wildman–Crippen MR) is 62.3 cm³/mol. The first kappa shape index (κ1) is 13.8. The molecule has 0 aromatic rings. The fraction of sp³-hybridized carbons (Fsp3) is 1.00. The molecule has 86 valence electrons. The summed E-state index contributed by atoms with van der Waals surface area (Å²) in [6, 6.07) is 0.408. The van der Waals surface area contributed by atoms with Crippen molar-refractivity contribution in [1.29, 1.82) is 0 Å². The van der Waals surface area contributed by atoms with Gasteiger partial charge >= 0.3 is 0 Å². The van der Waals surface area contributed by atoms with E-state index in [4.69, 9.17) is 11.5 Å². The zero-order chi connectivity index (χ0) is 11.1. The molecule has 0 amide bonds. The number of hydrogen-bond acceptors (Lipinski definition) is 4. The van der Waals surface area contributed by atoms with Gasteiger partial charge in [0.25, 0.3) is 0 Å². The molecule has 0 rings (SSSR count). The summed E-state index contributed by atoms with van der Waals surface area (Å²) in [5.41, 5.74) is 11.8. The van der Waals surface area contributed by atoms with Gasteiger partial charge in [0.05, 0.1) is 0 Å². The van der Waals surface area contributed by atoms with Crippen molar-refractivity contribution in [3.63, 3.8) is 0 Å². The third-order valence-corrected chi connectivity index (χ3v) is 2.76. The first-order valence-corrected chi connectivity index (χ1v) is 5.41. The summed E-state index contributed by atoms with van der Waals surface area (Å²) in [6.07, 6.45) is 0. The van der Waals surface area contributed by atoms with E-state index in [0.29, 0.717) is 6.54 Å². The normalized spacial score (nSPS) is 16.3. The minimum Gasteiger partial charge on any atom is -0.329 e. The molecule has 0 radical (unpaired) electrons. The Morgan fingerprint density at radius 1 is 1.14 bits per heavy atom. The molecule has 0 aliphatic carbocycles. The standard InChI is InChI=1S/C10H26N4/c1-5-14(6-2)8-9(12)10(7-11)13(3)4/h9-10H,5-8,11-12H2,1-4H3. The van der Waals surface area contributed by atoms with Crippen molar-refractivity contribution in [3.05, 3.63) is 0 Å². The van der Waals surface area contributed by atoms with Crippen molar-refractivity contribution in [2.75, 3.05) is 40.3 Å². The Labute approximate surface area is 88.2 Å². The highest BCUT2D eigenvalue weighted by molar-refractivity contribution is 4.82. The summed E-state index contributed by atoms with van der Waals surface area (Å²) in [4.78, 5) is 4.44. The lowest BCUT2D eigenvalue weighted by atomic mass is 10.1. The number of hydrogen-bond donors (Lipinski definition) is 2. The average Bonchev–Trinajstić information content (AvgIpc) is 2.14. The molecule has 0 saturated carbocycles. The third-order valence-electron chi connectivity index (χ3n) is 2.76.